The van der Waals surface area contributed by atoms with Gasteiger partial charge in [-0.05, 0) is 5.56 Å². The number of carbonyl (C=O) groups excluding carboxylic acids is 1. The van der Waals surface area contributed by atoms with Gasteiger partial charge in [-0.2, -0.15) is 0 Å². The molecule has 0 aliphatic carbocycles. The lowest BCUT2D eigenvalue weighted by Gasteiger charge is -2.35. The van der Waals surface area contributed by atoms with Crippen LogP contribution < -0.4 is 0 Å². The minimum atomic E-state index is -0.721. The summed E-state index contributed by atoms with van der Waals surface area (Å²) in [4.78, 5) is 11.4. The third kappa shape index (κ3) is 3.30. The van der Waals surface area contributed by atoms with E-state index in [0.717, 1.165) is 5.56 Å². The lowest BCUT2D eigenvalue weighted by Crippen LogP contribution is -2.53. The van der Waals surface area contributed by atoms with Crippen molar-refractivity contribution in [1.29, 1.82) is 0 Å². The number of benzene rings is 1. The van der Waals surface area contributed by atoms with Gasteiger partial charge in [0.05, 0.1) is 19.8 Å². The van der Waals surface area contributed by atoms with Gasteiger partial charge in [0.15, 0.2) is 18.5 Å². The van der Waals surface area contributed by atoms with E-state index in [9.17, 15) is 4.79 Å². The lowest BCUT2D eigenvalue weighted by atomic mass is 10.1. The highest BCUT2D eigenvalue weighted by atomic mass is 16.8. The molecule has 118 valence electrons. The highest BCUT2D eigenvalue weighted by Gasteiger charge is 2.51. The first-order chi connectivity index (χ1) is 10.8. The molecule has 0 bridgehead atoms. The zero-order chi connectivity index (χ0) is 15.4. The molecule has 1 aromatic carbocycles. The Hall–Kier alpha value is -1.89. The van der Waals surface area contributed by atoms with Gasteiger partial charge in [0.25, 0.3) is 0 Å². The number of fused-ring (bicyclic) bond motifs is 1. The van der Waals surface area contributed by atoms with Crippen LogP contribution in [0.4, 0.5) is 4.79 Å². The number of ether oxygens (including phenoxy) is 5. The predicted octanol–water partition coefficient (Wildman–Crippen LogP) is 2.03. The molecule has 4 atom stereocenters. The summed E-state index contributed by atoms with van der Waals surface area (Å²) in [5.74, 6) is 0. The van der Waals surface area contributed by atoms with Crippen LogP contribution in [-0.2, 0) is 30.3 Å². The van der Waals surface area contributed by atoms with Crippen LogP contribution >= 0.6 is 0 Å². The van der Waals surface area contributed by atoms with Crippen LogP contribution in [0.15, 0.2) is 43.0 Å². The molecule has 0 amide bonds. The second kappa shape index (κ2) is 6.91. The molecular formula is C16H18O6. The fraction of sp³-hybridized carbons (Fsp3) is 0.438. The second-order valence-electron chi connectivity index (χ2n) is 5.07. The summed E-state index contributed by atoms with van der Waals surface area (Å²) in [5.41, 5.74) is 1.01. The van der Waals surface area contributed by atoms with Crippen molar-refractivity contribution >= 4 is 6.16 Å². The molecule has 2 aliphatic heterocycles. The molecule has 6 heteroatoms. The van der Waals surface area contributed by atoms with Crippen LogP contribution in [0.5, 0.6) is 0 Å². The number of rotatable bonds is 6. The molecule has 22 heavy (non-hydrogen) atoms. The van der Waals surface area contributed by atoms with Crippen LogP contribution in [-0.4, -0.2) is 44.0 Å². The quantitative estimate of drug-likeness (QED) is 0.592. The normalized spacial score (nSPS) is 30.3. The van der Waals surface area contributed by atoms with Crippen molar-refractivity contribution < 1.29 is 28.5 Å². The molecule has 0 radical (unpaired) electrons. The molecule has 1 aromatic rings. The molecule has 0 unspecified atom stereocenters. The molecule has 3 rings (SSSR count). The maximum atomic E-state index is 11.4. The van der Waals surface area contributed by atoms with Gasteiger partial charge in [-0.3, -0.25) is 0 Å². The molecule has 0 aromatic heterocycles. The average Bonchev–Trinajstić information content (AvgIpc) is 2.94. The maximum Gasteiger partial charge on any atom is 0.509 e. The van der Waals surface area contributed by atoms with E-state index in [1.165, 1.54) is 0 Å². The average molecular weight is 306 g/mol. The van der Waals surface area contributed by atoms with E-state index in [1.807, 2.05) is 30.3 Å². The fourth-order valence-corrected chi connectivity index (χ4v) is 2.49. The highest BCUT2D eigenvalue weighted by molar-refractivity contribution is 5.62. The van der Waals surface area contributed by atoms with Gasteiger partial charge in [-0.25, -0.2) is 4.79 Å². The van der Waals surface area contributed by atoms with Crippen molar-refractivity contribution in [2.24, 2.45) is 0 Å². The van der Waals surface area contributed by atoms with Gasteiger partial charge in [0, 0.05) is 0 Å². The Morgan fingerprint density at radius 2 is 1.95 bits per heavy atom. The van der Waals surface area contributed by atoms with Gasteiger partial charge < -0.3 is 23.7 Å². The van der Waals surface area contributed by atoms with Crippen molar-refractivity contribution in [2.45, 2.75) is 31.2 Å². The van der Waals surface area contributed by atoms with Gasteiger partial charge in [0.2, 0.25) is 0 Å². The Labute approximate surface area is 128 Å². The van der Waals surface area contributed by atoms with Crippen molar-refractivity contribution in [3.05, 3.63) is 48.6 Å². The summed E-state index contributed by atoms with van der Waals surface area (Å²) in [6, 6.07) is 9.70. The Kier molecular flexibility index (Phi) is 4.72. The molecule has 0 N–H and O–H groups in total. The van der Waals surface area contributed by atoms with Crippen molar-refractivity contribution in [2.75, 3.05) is 13.2 Å². The van der Waals surface area contributed by atoms with E-state index < -0.39 is 24.7 Å². The van der Waals surface area contributed by atoms with E-state index in [-0.39, 0.29) is 12.7 Å². The first-order valence-corrected chi connectivity index (χ1v) is 7.15. The summed E-state index contributed by atoms with van der Waals surface area (Å²) >= 11 is 0. The fourth-order valence-electron chi connectivity index (χ4n) is 2.49. The lowest BCUT2D eigenvalue weighted by molar-refractivity contribution is -0.252. The third-order valence-corrected chi connectivity index (χ3v) is 3.53. The second-order valence-corrected chi connectivity index (χ2v) is 5.07. The smallest absolute Gasteiger partial charge is 0.424 e. The molecule has 0 saturated carbocycles. The summed E-state index contributed by atoms with van der Waals surface area (Å²) in [7, 11) is 0. The van der Waals surface area contributed by atoms with Crippen LogP contribution in [0, 0.1) is 0 Å². The number of carbonyl (C=O) groups is 1. The minimum Gasteiger partial charge on any atom is -0.424 e. The highest BCUT2D eigenvalue weighted by Crippen LogP contribution is 2.30. The van der Waals surface area contributed by atoms with E-state index in [0.29, 0.717) is 13.2 Å². The molecule has 6 nitrogen and oxygen atoms in total. The van der Waals surface area contributed by atoms with Crippen molar-refractivity contribution in [3.8, 4) is 0 Å². The van der Waals surface area contributed by atoms with E-state index >= 15 is 0 Å². The summed E-state index contributed by atoms with van der Waals surface area (Å²) in [6.45, 7) is 4.58. The molecule has 2 fully saturated rings. The predicted molar refractivity (Wildman–Crippen MR) is 76.1 cm³/mol. The molecule has 2 aliphatic rings. The Morgan fingerprint density at radius 1 is 1.18 bits per heavy atom. The molecule has 0 spiro atoms. The zero-order valence-corrected chi connectivity index (χ0v) is 12.1. The van der Waals surface area contributed by atoms with Crippen LogP contribution in [0.2, 0.25) is 0 Å². The first-order valence-electron chi connectivity index (χ1n) is 7.15. The summed E-state index contributed by atoms with van der Waals surface area (Å²) < 4.78 is 27.2. The Morgan fingerprint density at radius 3 is 2.73 bits per heavy atom. The number of hydrogen-bond acceptors (Lipinski definition) is 6. The van der Waals surface area contributed by atoms with Crippen molar-refractivity contribution in [1.82, 2.24) is 0 Å². The van der Waals surface area contributed by atoms with E-state index in [2.05, 4.69) is 6.58 Å². The third-order valence-electron chi connectivity index (χ3n) is 3.53. The van der Waals surface area contributed by atoms with Gasteiger partial charge in [-0.15, -0.1) is 6.58 Å². The van der Waals surface area contributed by atoms with Crippen LogP contribution in [0.25, 0.3) is 0 Å². The summed E-state index contributed by atoms with van der Waals surface area (Å²) in [5, 5.41) is 0. The van der Waals surface area contributed by atoms with Crippen molar-refractivity contribution in [3.63, 3.8) is 0 Å². The van der Waals surface area contributed by atoms with Gasteiger partial charge in [0.1, 0.15) is 6.10 Å². The van der Waals surface area contributed by atoms with E-state index in [1.54, 1.807) is 6.08 Å². The molecule has 2 saturated heterocycles. The largest absolute Gasteiger partial charge is 0.509 e. The molecule has 2 heterocycles. The molecular weight excluding hydrogens is 288 g/mol. The zero-order valence-electron chi connectivity index (χ0n) is 12.1. The first kappa shape index (κ1) is 15.0. The van der Waals surface area contributed by atoms with E-state index in [4.69, 9.17) is 23.7 Å². The minimum absolute atomic E-state index is 0.269. The maximum absolute atomic E-state index is 11.4. The Bertz CT molecular complexity index is 517. The standard InChI is InChI=1S/C16H18O6/c1-2-8-18-12-10-20-15(14-13(12)21-16(17)22-14)19-9-11-6-4-3-5-7-11/h2-7,12-15H,1,8-10H2/t12-,13+,14+,15-/m1/s1. The van der Waals surface area contributed by atoms with Crippen LogP contribution in [0.1, 0.15) is 5.56 Å². The summed E-state index contributed by atoms with van der Waals surface area (Å²) in [6.07, 6.45) is -1.29. The van der Waals surface area contributed by atoms with Gasteiger partial charge in [-0.1, -0.05) is 36.4 Å². The van der Waals surface area contributed by atoms with Gasteiger partial charge >= 0.3 is 6.16 Å². The van der Waals surface area contributed by atoms with Crippen LogP contribution in [0.3, 0.4) is 0 Å². The topological polar surface area (TPSA) is 63.2 Å². The monoisotopic (exact) mass is 306 g/mol. The SMILES string of the molecule is C=CCO[C@@H]1CO[C@@H](OCc2ccccc2)[C@H]2OC(=O)O[C@H]21. The Balaban J connectivity index is 1.61. The number of hydrogen-bond donors (Lipinski definition) is 0.